The van der Waals surface area contributed by atoms with Crippen molar-refractivity contribution >= 4 is 69.8 Å². The van der Waals surface area contributed by atoms with E-state index in [9.17, 15) is 19.2 Å². The van der Waals surface area contributed by atoms with Gasteiger partial charge in [0.05, 0.1) is 21.4 Å². The number of barbiturate groups is 1. The number of halogens is 2. The zero-order chi connectivity index (χ0) is 28.3. The maximum Gasteiger partial charge on any atom is 0.335 e. The highest BCUT2D eigenvalue weighted by Crippen LogP contribution is 2.36. The van der Waals surface area contributed by atoms with E-state index in [1.54, 1.807) is 50.2 Å². The summed E-state index contributed by atoms with van der Waals surface area (Å²) in [6.07, 6.45) is 1.38. The van der Waals surface area contributed by atoms with E-state index < -0.39 is 23.8 Å². The fraction of sp³-hybridized carbons (Fsp3) is 0.143. The largest absolute Gasteiger partial charge is 0.490 e. The number of rotatable bonds is 8. The van der Waals surface area contributed by atoms with E-state index in [0.29, 0.717) is 37.8 Å². The van der Waals surface area contributed by atoms with Crippen LogP contribution in [0.5, 0.6) is 11.5 Å². The molecular formula is C28H22ClIN2O7. The molecule has 1 saturated heterocycles. The number of nitrogens with zero attached hydrogens (tertiary/aromatic N) is 1. The summed E-state index contributed by atoms with van der Waals surface area (Å²) in [5, 5.41) is 11.6. The van der Waals surface area contributed by atoms with Gasteiger partial charge in [0.2, 0.25) is 0 Å². The van der Waals surface area contributed by atoms with Gasteiger partial charge in [-0.05, 0) is 95.6 Å². The number of carboxylic acids is 1. The molecule has 39 heavy (non-hydrogen) atoms. The first-order chi connectivity index (χ1) is 18.6. The summed E-state index contributed by atoms with van der Waals surface area (Å²) in [6.45, 7) is 4.02. The third kappa shape index (κ3) is 6.23. The average molecular weight is 661 g/mol. The summed E-state index contributed by atoms with van der Waals surface area (Å²) in [5.41, 5.74) is 2.08. The quantitative estimate of drug-likeness (QED) is 0.183. The van der Waals surface area contributed by atoms with Crippen LogP contribution >= 0.6 is 34.2 Å². The maximum absolute atomic E-state index is 13.3. The van der Waals surface area contributed by atoms with Crippen LogP contribution in [-0.4, -0.2) is 35.5 Å². The predicted molar refractivity (Wildman–Crippen MR) is 153 cm³/mol. The molecule has 9 nitrogen and oxygen atoms in total. The summed E-state index contributed by atoms with van der Waals surface area (Å²) in [4.78, 5) is 50.6. The van der Waals surface area contributed by atoms with Crippen molar-refractivity contribution in [3.8, 4) is 11.5 Å². The predicted octanol–water partition coefficient (Wildman–Crippen LogP) is 5.60. The number of aryl methyl sites for hydroxylation is 1. The number of aromatic carboxylic acids is 1. The van der Waals surface area contributed by atoms with Crippen molar-refractivity contribution in [2.45, 2.75) is 20.5 Å². The van der Waals surface area contributed by atoms with Crippen LogP contribution in [0.4, 0.5) is 10.5 Å². The van der Waals surface area contributed by atoms with Crippen LogP contribution in [0.25, 0.3) is 6.08 Å². The first-order valence-electron chi connectivity index (χ1n) is 11.7. The van der Waals surface area contributed by atoms with Crippen LogP contribution < -0.4 is 19.7 Å². The smallest absolute Gasteiger partial charge is 0.335 e. The number of anilines is 1. The first kappa shape index (κ1) is 28.1. The SMILES string of the molecule is CCOc1cc(/C=C2\C(=O)NC(=O)N(c3cc(Cl)ccc3C)C2=O)cc(I)c1OCc1ccc(C(=O)O)cc1. The van der Waals surface area contributed by atoms with Crippen molar-refractivity contribution in [2.24, 2.45) is 0 Å². The van der Waals surface area contributed by atoms with Gasteiger partial charge >= 0.3 is 12.0 Å². The van der Waals surface area contributed by atoms with Gasteiger partial charge in [-0.2, -0.15) is 0 Å². The lowest BCUT2D eigenvalue weighted by atomic mass is 10.1. The highest BCUT2D eigenvalue weighted by molar-refractivity contribution is 14.1. The number of carbonyl (C=O) groups is 4. The van der Waals surface area contributed by atoms with Crippen molar-refractivity contribution in [3.05, 3.63) is 91.0 Å². The molecule has 1 heterocycles. The van der Waals surface area contributed by atoms with Crippen LogP contribution in [-0.2, 0) is 16.2 Å². The lowest BCUT2D eigenvalue weighted by Gasteiger charge is -2.27. The Labute approximate surface area is 242 Å². The third-order valence-electron chi connectivity index (χ3n) is 5.74. The van der Waals surface area contributed by atoms with Gasteiger partial charge in [-0.25, -0.2) is 14.5 Å². The standard InChI is InChI=1S/C28H22ClIN2O7/c1-3-38-23-12-17(11-21(30)24(23)39-14-16-5-7-18(8-6-16)27(35)36)10-20-25(33)31-28(37)32(26(20)34)22-13-19(29)9-4-15(22)2/h4-13H,3,14H2,1-2H3,(H,35,36)(H,31,33,37)/b20-10+. The molecule has 11 heteroatoms. The topological polar surface area (TPSA) is 122 Å². The Morgan fingerprint density at radius 1 is 1.08 bits per heavy atom. The molecule has 0 spiro atoms. The summed E-state index contributed by atoms with van der Waals surface area (Å²) in [5.74, 6) is -1.78. The monoisotopic (exact) mass is 660 g/mol. The van der Waals surface area contributed by atoms with E-state index in [2.05, 4.69) is 27.9 Å². The van der Waals surface area contributed by atoms with E-state index in [0.717, 1.165) is 10.5 Å². The first-order valence-corrected chi connectivity index (χ1v) is 13.1. The minimum atomic E-state index is -1.01. The molecule has 4 amide bonds. The molecule has 1 aliphatic heterocycles. The molecule has 4 rings (SSSR count). The lowest BCUT2D eigenvalue weighted by molar-refractivity contribution is -0.122. The van der Waals surface area contributed by atoms with Crippen molar-refractivity contribution < 1.29 is 33.8 Å². The fourth-order valence-electron chi connectivity index (χ4n) is 3.84. The molecule has 1 fully saturated rings. The van der Waals surface area contributed by atoms with E-state index in [1.165, 1.54) is 24.3 Å². The molecule has 0 aromatic heterocycles. The Bertz CT molecular complexity index is 1520. The maximum atomic E-state index is 13.3. The minimum Gasteiger partial charge on any atom is -0.490 e. The number of benzene rings is 3. The Hall–Kier alpha value is -3.90. The van der Waals surface area contributed by atoms with E-state index in [4.69, 9.17) is 26.2 Å². The normalized spacial score (nSPS) is 14.4. The third-order valence-corrected chi connectivity index (χ3v) is 6.78. The van der Waals surface area contributed by atoms with E-state index in [1.807, 2.05) is 0 Å². The summed E-state index contributed by atoms with van der Waals surface area (Å²) in [7, 11) is 0. The summed E-state index contributed by atoms with van der Waals surface area (Å²) in [6, 6.07) is 13.6. The van der Waals surface area contributed by atoms with Gasteiger partial charge < -0.3 is 14.6 Å². The van der Waals surface area contributed by atoms with E-state index in [-0.39, 0.29) is 23.4 Å². The molecule has 3 aromatic rings. The number of carbonyl (C=O) groups excluding carboxylic acids is 3. The molecule has 0 atom stereocenters. The van der Waals surface area contributed by atoms with Crippen molar-refractivity contribution in [1.82, 2.24) is 5.32 Å². The number of amides is 4. The second-order valence-corrected chi connectivity index (χ2v) is 10.0. The molecule has 0 unspecified atom stereocenters. The molecule has 3 aromatic carbocycles. The molecule has 0 saturated carbocycles. The fourth-order valence-corrected chi connectivity index (χ4v) is 4.79. The Morgan fingerprint density at radius 3 is 2.46 bits per heavy atom. The number of carboxylic acid groups (broad SMARTS) is 1. The summed E-state index contributed by atoms with van der Waals surface area (Å²) < 4.78 is 12.4. The van der Waals surface area contributed by atoms with Gasteiger partial charge in [0, 0.05) is 5.02 Å². The molecular weight excluding hydrogens is 639 g/mol. The minimum absolute atomic E-state index is 0.160. The molecule has 200 valence electrons. The van der Waals surface area contributed by atoms with E-state index >= 15 is 0 Å². The molecule has 0 bridgehead atoms. The summed E-state index contributed by atoms with van der Waals surface area (Å²) >= 11 is 8.15. The zero-order valence-electron chi connectivity index (χ0n) is 20.8. The van der Waals surface area contributed by atoms with Crippen LogP contribution in [0.1, 0.15) is 34.0 Å². The van der Waals surface area contributed by atoms with Crippen LogP contribution in [0.15, 0.2) is 60.2 Å². The number of hydrogen-bond donors (Lipinski definition) is 2. The Morgan fingerprint density at radius 2 is 1.79 bits per heavy atom. The molecule has 2 N–H and O–H groups in total. The highest BCUT2D eigenvalue weighted by atomic mass is 127. The Balaban J connectivity index is 1.65. The number of urea groups is 1. The molecule has 1 aliphatic rings. The van der Waals surface area contributed by atoms with Crippen LogP contribution in [0, 0.1) is 10.5 Å². The number of hydrogen-bond acceptors (Lipinski definition) is 6. The molecule has 0 aliphatic carbocycles. The van der Waals surface area contributed by atoms with Crippen molar-refractivity contribution in [1.29, 1.82) is 0 Å². The number of imide groups is 2. The highest BCUT2D eigenvalue weighted by Gasteiger charge is 2.37. The van der Waals surface area contributed by atoms with Crippen LogP contribution in [0.2, 0.25) is 5.02 Å². The van der Waals surface area contributed by atoms with Gasteiger partial charge in [-0.3, -0.25) is 14.9 Å². The van der Waals surface area contributed by atoms with Crippen molar-refractivity contribution in [3.63, 3.8) is 0 Å². The average Bonchev–Trinajstić information content (AvgIpc) is 2.88. The van der Waals surface area contributed by atoms with Gasteiger partial charge in [0.15, 0.2) is 11.5 Å². The van der Waals surface area contributed by atoms with Gasteiger partial charge in [-0.15, -0.1) is 0 Å². The second-order valence-electron chi connectivity index (χ2n) is 8.44. The van der Waals surface area contributed by atoms with Gasteiger partial charge in [-0.1, -0.05) is 29.8 Å². The van der Waals surface area contributed by atoms with Crippen molar-refractivity contribution in [2.75, 3.05) is 11.5 Å². The second kappa shape index (κ2) is 11.9. The van der Waals surface area contributed by atoms with Gasteiger partial charge in [0.1, 0.15) is 12.2 Å². The lowest BCUT2D eigenvalue weighted by Crippen LogP contribution is -2.54. The van der Waals surface area contributed by atoms with Gasteiger partial charge in [0.25, 0.3) is 11.8 Å². The number of nitrogens with one attached hydrogen (secondary N) is 1. The molecule has 0 radical (unpaired) electrons. The van der Waals surface area contributed by atoms with Crippen LogP contribution in [0.3, 0.4) is 0 Å². The zero-order valence-corrected chi connectivity index (χ0v) is 23.7. The number of ether oxygens (including phenoxy) is 2. The Kier molecular flexibility index (Phi) is 8.56.